The quantitative estimate of drug-likeness (QED) is 0.481. The van der Waals surface area contributed by atoms with Crippen LogP contribution >= 0.6 is 0 Å². The summed E-state index contributed by atoms with van der Waals surface area (Å²) in [6.07, 6.45) is 6.49. The lowest BCUT2D eigenvalue weighted by Crippen LogP contribution is -2.59. The fourth-order valence-corrected chi connectivity index (χ4v) is 7.68. The molecule has 11 nitrogen and oxygen atoms in total. The van der Waals surface area contributed by atoms with Gasteiger partial charge in [0.1, 0.15) is 5.82 Å². The molecule has 0 amide bonds. The van der Waals surface area contributed by atoms with Gasteiger partial charge in [-0.3, -0.25) is 5.10 Å². The molecule has 34 heavy (non-hydrogen) atoms. The molecule has 5 rings (SSSR count). The first-order chi connectivity index (χ1) is 16.4. The smallest absolute Gasteiger partial charge is 0.230 e. The molecule has 186 valence electrons. The maximum atomic E-state index is 13.2. The molecule has 1 aliphatic carbocycles. The number of sulfonamides is 1. The maximum Gasteiger partial charge on any atom is 0.230 e. The van der Waals surface area contributed by atoms with Crippen LogP contribution in [-0.4, -0.2) is 76.0 Å². The third-order valence-electron chi connectivity index (χ3n) is 7.17. The van der Waals surface area contributed by atoms with E-state index in [4.69, 9.17) is 4.74 Å². The zero-order valence-electron chi connectivity index (χ0n) is 19.6. The highest BCUT2D eigenvalue weighted by Gasteiger charge is 2.46. The molecule has 12 heteroatoms. The van der Waals surface area contributed by atoms with Crippen molar-refractivity contribution < 1.29 is 18.3 Å². The number of nitrogens with one attached hydrogen (secondary N) is 2. The molecule has 2 aliphatic heterocycles. The average Bonchev–Trinajstić information content (AvgIpc) is 3.50. The number of methoxy groups -OCH3 is 1. The van der Waals surface area contributed by atoms with Crippen LogP contribution in [0.3, 0.4) is 0 Å². The number of aliphatic hydroxyl groups excluding tert-OH is 1. The third-order valence-corrected chi connectivity index (χ3v) is 9.30. The molecule has 0 radical (unpaired) electrons. The lowest BCUT2D eigenvalue weighted by atomic mass is 9.83. The van der Waals surface area contributed by atoms with Gasteiger partial charge < -0.3 is 20.1 Å². The minimum atomic E-state index is -3.22. The first-order valence-corrected chi connectivity index (χ1v) is 13.6. The Kier molecular flexibility index (Phi) is 6.38. The molecule has 0 spiro atoms. The van der Waals surface area contributed by atoms with E-state index in [-0.39, 0.29) is 24.7 Å². The van der Waals surface area contributed by atoms with E-state index in [0.29, 0.717) is 40.8 Å². The summed E-state index contributed by atoms with van der Waals surface area (Å²) >= 11 is 0. The SMILES string of the molecule is COc1cc(Nc2cc(CO)[nH]n2)nc(N(C)C2C[C@H]3CCC[C@@H](C2)N3S(=O)(=O)CC2CC2)n1. The van der Waals surface area contributed by atoms with E-state index in [1.165, 1.54) is 0 Å². The van der Waals surface area contributed by atoms with Crippen molar-refractivity contribution in [3.8, 4) is 5.88 Å². The van der Waals surface area contributed by atoms with E-state index >= 15 is 0 Å². The Balaban J connectivity index is 1.34. The molecule has 2 aromatic heterocycles. The van der Waals surface area contributed by atoms with Crippen LogP contribution in [-0.2, 0) is 16.6 Å². The third kappa shape index (κ3) is 4.84. The molecule has 0 aromatic carbocycles. The minimum Gasteiger partial charge on any atom is -0.481 e. The van der Waals surface area contributed by atoms with Crippen LogP contribution in [0.4, 0.5) is 17.6 Å². The van der Waals surface area contributed by atoms with Crippen LogP contribution in [0.1, 0.15) is 50.6 Å². The summed E-state index contributed by atoms with van der Waals surface area (Å²) in [4.78, 5) is 11.3. The van der Waals surface area contributed by atoms with Gasteiger partial charge in [0, 0.05) is 37.3 Å². The highest BCUT2D eigenvalue weighted by Crippen LogP contribution is 2.41. The van der Waals surface area contributed by atoms with Gasteiger partial charge in [-0.05, 0) is 44.4 Å². The molecular weight excluding hydrogens is 458 g/mol. The zero-order valence-corrected chi connectivity index (χ0v) is 20.5. The van der Waals surface area contributed by atoms with E-state index in [1.54, 1.807) is 19.2 Å². The van der Waals surface area contributed by atoms with E-state index in [2.05, 4.69) is 25.5 Å². The molecule has 3 fully saturated rings. The number of fused-ring (bicyclic) bond motifs is 2. The molecular formula is C22H33N7O4S. The molecule has 1 unspecified atom stereocenters. The van der Waals surface area contributed by atoms with E-state index in [0.717, 1.165) is 44.9 Å². The van der Waals surface area contributed by atoms with Crippen molar-refractivity contribution in [2.45, 2.75) is 69.7 Å². The fraction of sp³-hybridized carbons (Fsp3) is 0.682. The van der Waals surface area contributed by atoms with Gasteiger partial charge in [-0.1, -0.05) is 6.42 Å². The number of H-pyrrole nitrogens is 1. The average molecular weight is 492 g/mol. The summed E-state index contributed by atoms with van der Waals surface area (Å²) in [5.41, 5.74) is 0.593. The summed E-state index contributed by atoms with van der Waals surface area (Å²) < 4.78 is 33.6. The van der Waals surface area contributed by atoms with Crippen LogP contribution in [0.5, 0.6) is 5.88 Å². The number of ether oxygens (including phenoxy) is 1. The number of aromatic nitrogens is 4. The molecule has 2 saturated heterocycles. The topological polar surface area (TPSA) is 137 Å². The summed E-state index contributed by atoms with van der Waals surface area (Å²) in [6, 6.07) is 3.60. The lowest BCUT2D eigenvalue weighted by molar-refractivity contribution is 0.109. The van der Waals surface area contributed by atoms with Crippen LogP contribution in [0.25, 0.3) is 0 Å². The lowest BCUT2D eigenvalue weighted by Gasteiger charge is -2.49. The fourth-order valence-electron chi connectivity index (χ4n) is 5.29. The van der Waals surface area contributed by atoms with Crippen molar-refractivity contribution in [1.82, 2.24) is 24.5 Å². The second-order valence-electron chi connectivity index (χ2n) is 9.68. The van der Waals surface area contributed by atoms with Gasteiger partial charge >= 0.3 is 0 Å². The highest BCUT2D eigenvalue weighted by molar-refractivity contribution is 7.89. The Morgan fingerprint density at radius 2 is 1.91 bits per heavy atom. The monoisotopic (exact) mass is 491 g/mol. The Bertz CT molecular complexity index is 1110. The summed E-state index contributed by atoms with van der Waals surface area (Å²) in [5.74, 6) is 2.64. The number of aliphatic hydroxyl groups is 1. The zero-order chi connectivity index (χ0) is 23.9. The number of hydrogen-bond acceptors (Lipinski definition) is 9. The summed E-state index contributed by atoms with van der Waals surface area (Å²) in [5, 5.41) is 19.2. The second-order valence-corrected chi connectivity index (χ2v) is 11.6. The normalized spacial score (nSPS) is 25.2. The first-order valence-electron chi connectivity index (χ1n) is 12.0. The summed E-state index contributed by atoms with van der Waals surface area (Å²) in [7, 11) is 0.302. The molecule has 3 aliphatic rings. The molecule has 2 aromatic rings. The Labute approximate surface area is 200 Å². The van der Waals surface area contributed by atoms with Crippen LogP contribution in [0, 0.1) is 5.92 Å². The Hall–Kier alpha value is -2.44. The van der Waals surface area contributed by atoms with E-state index < -0.39 is 10.0 Å². The Morgan fingerprint density at radius 1 is 1.18 bits per heavy atom. The second kappa shape index (κ2) is 9.31. The van der Waals surface area contributed by atoms with Crippen molar-refractivity contribution in [2.75, 3.05) is 30.1 Å². The number of rotatable bonds is 9. The van der Waals surface area contributed by atoms with Gasteiger partial charge in [0.15, 0.2) is 5.82 Å². The van der Waals surface area contributed by atoms with E-state index in [9.17, 15) is 13.5 Å². The van der Waals surface area contributed by atoms with Crippen LogP contribution in [0.15, 0.2) is 12.1 Å². The molecule has 4 heterocycles. The Morgan fingerprint density at radius 3 is 2.53 bits per heavy atom. The molecule has 3 N–H and O–H groups in total. The van der Waals surface area contributed by atoms with Crippen molar-refractivity contribution in [1.29, 1.82) is 0 Å². The number of hydrogen-bond donors (Lipinski definition) is 3. The van der Waals surface area contributed by atoms with Gasteiger partial charge in [0.25, 0.3) is 0 Å². The predicted octanol–water partition coefficient (Wildman–Crippen LogP) is 2.01. The predicted molar refractivity (Wildman–Crippen MR) is 128 cm³/mol. The van der Waals surface area contributed by atoms with Crippen molar-refractivity contribution in [3.63, 3.8) is 0 Å². The first kappa shape index (κ1) is 23.3. The molecule has 1 saturated carbocycles. The largest absolute Gasteiger partial charge is 0.481 e. The molecule has 2 bridgehead atoms. The standard InChI is InChI=1S/C22H33N7O4S/c1-28(22-24-19(11-21(25-22)33-2)23-20-8-15(12-30)26-27-20)18-9-16-4-3-5-17(10-18)29(16)34(31,32)13-14-6-7-14/h8,11,14,16-18,30H,3-7,9-10,12-13H2,1-2H3,(H2,23,24,25,26,27)/t16-,17+,18?. The molecule has 3 atom stereocenters. The summed E-state index contributed by atoms with van der Waals surface area (Å²) in [6.45, 7) is -0.132. The number of nitrogens with zero attached hydrogens (tertiary/aromatic N) is 5. The van der Waals surface area contributed by atoms with Gasteiger partial charge in [-0.25, -0.2) is 8.42 Å². The van der Waals surface area contributed by atoms with Crippen LogP contribution < -0.4 is 15.0 Å². The van der Waals surface area contributed by atoms with Gasteiger partial charge in [0.05, 0.1) is 25.2 Å². The number of piperidine rings is 2. The van der Waals surface area contributed by atoms with Crippen LogP contribution in [0.2, 0.25) is 0 Å². The van der Waals surface area contributed by atoms with Crippen molar-refractivity contribution >= 4 is 27.6 Å². The van der Waals surface area contributed by atoms with E-state index in [1.807, 2.05) is 16.3 Å². The van der Waals surface area contributed by atoms with Crippen molar-refractivity contribution in [3.05, 3.63) is 17.8 Å². The van der Waals surface area contributed by atoms with Gasteiger partial charge in [-0.2, -0.15) is 19.4 Å². The van der Waals surface area contributed by atoms with Crippen molar-refractivity contribution in [2.24, 2.45) is 5.92 Å². The highest BCUT2D eigenvalue weighted by atomic mass is 32.2. The number of anilines is 3. The van der Waals surface area contributed by atoms with Gasteiger partial charge in [0.2, 0.25) is 21.9 Å². The number of aromatic amines is 1. The van der Waals surface area contributed by atoms with Gasteiger partial charge in [-0.15, -0.1) is 0 Å². The minimum absolute atomic E-state index is 0.0351. The maximum absolute atomic E-state index is 13.2.